The van der Waals surface area contributed by atoms with Gasteiger partial charge in [-0.3, -0.25) is 0 Å². The monoisotopic (exact) mass is 839 g/mol. The minimum atomic E-state index is -0.340. The zero-order valence-electron chi connectivity index (χ0n) is 31.8. The Kier molecular flexibility index (Phi) is 13.6. The molecule has 0 saturated heterocycles. The van der Waals surface area contributed by atoms with Gasteiger partial charge in [-0.25, -0.2) is 0 Å². The van der Waals surface area contributed by atoms with Crippen LogP contribution in [0, 0.1) is 0 Å². The van der Waals surface area contributed by atoms with Crippen molar-refractivity contribution >= 4 is 26.0 Å². The molecule has 56 heavy (non-hydrogen) atoms. The first-order chi connectivity index (χ1) is 26.6. The fourth-order valence-electron chi connectivity index (χ4n) is 8.49. The van der Waals surface area contributed by atoms with Gasteiger partial charge in [0.25, 0.3) is 0 Å². The molecule has 274 valence electrons. The van der Waals surface area contributed by atoms with Gasteiger partial charge in [-0.2, -0.15) is 0 Å². The van der Waals surface area contributed by atoms with Crippen molar-refractivity contribution < 1.29 is 49.0 Å². The fourth-order valence-corrected chi connectivity index (χ4v) is 9.31. The maximum absolute atomic E-state index is 4.01. The molecule has 9 rings (SSSR count). The van der Waals surface area contributed by atoms with Crippen molar-refractivity contribution in [1.82, 2.24) is 0 Å². The van der Waals surface area contributed by atoms with Crippen LogP contribution in [0.1, 0.15) is 60.1 Å². The van der Waals surface area contributed by atoms with Crippen molar-refractivity contribution in [1.29, 1.82) is 0 Å². The zero-order chi connectivity index (χ0) is 36.9. The molecule has 0 N–H and O–H groups in total. The van der Waals surface area contributed by atoms with Gasteiger partial charge in [-0.05, 0) is 47.1 Å². The summed E-state index contributed by atoms with van der Waals surface area (Å²) in [6.45, 7) is 4.60. The van der Waals surface area contributed by atoms with E-state index >= 15 is 0 Å². The Morgan fingerprint density at radius 2 is 1.14 bits per heavy atom. The molecule has 0 fully saturated rings. The average Bonchev–Trinajstić information content (AvgIpc) is 3.92. The van der Waals surface area contributed by atoms with Crippen molar-refractivity contribution in [3.63, 3.8) is 0 Å². The third-order valence-electron chi connectivity index (χ3n) is 11.0. The summed E-state index contributed by atoms with van der Waals surface area (Å²) in [6.07, 6.45) is 13.8. The number of hydrogen-bond acceptors (Lipinski definition) is 0. The van der Waals surface area contributed by atoms with Crippen LogP contribution < -0.4 is 35.3 Å². The molecule has 0 bridgehead atoms. The van der Waals surface area contributed by atoms with E-state index in [-0.39, 0.29) is 30.2 Å². The number of benzene rings is 6. The third kappa shape index (κ3) is 7.71. The maximum atomic E-state index is 4.01. The van der Waals surface area contributed by atoms with Crippen LogP contribution in [0.25, 0.3) is 22.8 Å². The van der Waals surface area contributed by atoms with Crippen LogP contribution >= 0.6 is 0 Å². The predicted octanol–water partition coefficient (Wildman–Crippen LogP) is 5.04. The molecule has 6 aromatic rings. The van der Waals surface area contributed by atoms with Gasteiger partial charge in [0.2, 0.25) is 0 Å². The van der Waals surface area contributed by atoms with Crippen molar-refractivity contribution in [2.24, 2.45) is 0 Å². The van der Waals surface area contributed by atoms with Gasteiger partial charge in [0.05, 0.1) is 0 Å². The van der Waals surface area contributed by atoms with Crippen molar-refractivity contribution in [2.45, 2.75) is 38.5 Å². The van der Waals surface area contributed by atoms with Crippen LogP contribution in [0.5, 0.6) is 0 Å². The molecule has 1 unspecified atom stereocenters. The van der Waals surface area contributed by atoms with Gasteiger partial charge >= 0.3 is 99.2 Å². The number of halogens is 2. The van der Waals surface area contributed by atoms with Crippen LogP contribution in [0.2, 0.25) is 0 Å². The van der Waals surface area contributed by atoms with E-state index in [4.69, 9.17) is 0 Å². The molecule has 3 aliphatic carbocycles. The van der Waals surface area contributed by atoms with Gasteiger partial charge in [-0.1, -0.05) is 152 Å². The molecule has 0 nitrogen and oxygen atoms in total. The second kappa shape index (κ2) is 18.5. The van der Waals surface area contributed by atoms with E-state index in [0.717, 1.165) is 19.3 Å². The van der Waals surface area contributed by atoms with Crippen LogP contribution in [-0.4, -0.2) is 3.21 Å². The Balaban J connectivity index is 0.000000282. The second-order valence-corrected chi connectivity index (χ2v) is 15.3. The van der Waals surface area contributed by atoms with Crippen molar-refractivity contribution in [2.75, 3.05) is 0 Å². The molecule has 3 heteroatoms. The van der Waals surface area contributed by atoms with E-state index in [1.54, 1.807) is 0 Å². The van der Waals surface area contributed by atoms with Crippen molar-refractivity contribution in [3.8, 4) is 0 Å². The Bertz CT molecular complexity index is 2530. The van der Waals surface area contributed by atoms with Crippen LogP contribution in [0.15, 0.2) is 205 Å². The minimum absolute atomic E-state index is 0. The van der Waals surface area contributed by atoms with Crippen molar-refractivity contribution in [3.05, 3.63) is 249 Å². The Morgan fingerprint density at radius 3 is 1.66 bits per heavy atom. The predicted molar refractivity (Wildman–Crippen MR) is 225 cm³/mol. The second-order valence-electron chi connectivity index (χ2n) is 14.0. The molecule has 0 saturated carbocycles. The standard InChI is InChI=1S/C40H33.C13H10.2ClH.Zr/c1-3-28-24-25-34-32(26-28)27-35-37(34)36(29-16-8-5-9-17-29)39(31-18-10-6-11-19-31)40(4-2,33-22-12-7-13-23-33)38(35)30-20-14-15-21-30;1-3-7-12(8-4-1)11-13-9-5-2-6-10-13;;;/h5-20,22-26H,3-4,21H2,1-2H3;1-10H;2*1H;/q-1;;;;+2/p-2. The Labute approximate surface area is 359 Å². The molecule has 6 aromatic carbocycles. The first kappa shape index (κ1) is 41.0. The number of hydrogen-bond donors (Lipinski definition) is 0. The molecular weight excluding hydrogens is 799 g/mol. The summed E-state index contributed by atoms with van der Waals surface area (Å²) in [7, 11) is 0. The molecule has 0 radical (unpaired) electrons. The SMILES string of the molecule is CCc1ccc2c(c1)=[C-]C1=C(C3=CC=CC3)C(CC)(c3ccccc3)C(c3ccccc3)=C(c3ccccc3)C=21.[Cl-].[Cl-].[Zr+2]=[C](c1ccccc1)c1ccccc1. The summed E-state index contributed by atoms with van der Waals surface area (Å²) >= 11 is 1.46. The molecule has 0 heterocycles. The first-order valence-electron chi connectivity index (χ1n) is 19.1. The zero-order valence-corrected chi connectivity index (χ0v) is 35.7. The van der Waals surface area contributed by atoms with E-state index in [1.807, 2.05) is 0 Å². The van der Waals surface area contributed by atoms with E-state index in [0.29, 0.717) is 0 Å². The summed E-state index contributed by atoms with van der Waals surface area (Å²) in [5, 5.41) is 2.51. The number of fused-ring (bicyclic) bond motifs is 2. The number of allylic oxidation sites excluding steroid dienone is 8. The van der Waals surface area contributed by atoms with E-state index in [9.17, 15) is 0 Å². The van der Waals surface area contributed by atoms with E-state index < -0.39 is 0 Å². The van der Waals surface area contributed by atoms with Gasteiger partial charge in [0.1, 0.15) is 0 Å². The Morgan fingerprint density at radius 1 is 0.607 bits per heavy atom. The summed E-state index contributed by atoms with van der Waals surface area (Å²) in [5.41, 5.74) is 15.7. The molecular formula is C53H43Cl2Zr-. The molecule has 0 aromatic heterocycles. The summed E-state index contributed by atoms with van der Waals surface area (Å²) in [5.74, 6) is 0. The molecule has 0 amide bonds. The van der Waals surface area contributed by atoms with Gasteiger partial charge < -0.3 is 24.8 Å². The summed E-state index contributed by atoms with van der Waals surface area (Å²) < 4.78 is 1.42. The molecule has 3 aliphatic rings. The topological polar surface area (TPSA) is 0 Å². The van der Waals surface area contributed by atoms with Gasteiger partial charge in [-0.15, -0.1) is 33.7 Å². The number of aryl methyl sites for hydroxylation is 1. The van der Waals surface area contributed by atoms with E-state index in [2.05, 4.69) is 208 Å². The summed E-state index contributed by atoms with van der Waals surface area (Å²) in [6, 6.07) is 61.5. The molecule has 1 atom stereocenters. The van der Waals surface area contributed by atoms with Gasteiger partial charge in [0.15, 0.2) is 0 Å². The normalized spacial score (nSPS) is 16.4. The van der Waals surface area contributed by atoms with Gasteiger partial charge in [0, 0.05) is 5.41 Å². The first-order valence-corrected chi connectivity index (χ1v) is 20.4. The van der Waals surface area contributed by atoms with Crippen LogP contribution in [-0.2, 0) is 36.1 Å². The molecule has 0 aliphatic heterocycles. The van der Waals surface area contributed by atoms with E-state index in [1.165, 1.54) is 105 Å². The third-order valence-corrected chi connectivity index (χ3v) is 12.4. The van der Waals surface area contributed by atoms with Crippen LogP contribution in [0.4, 0.5) is 0 Å². The molecule has 0 spiro atoms. The fraction of sp³-hybridized carbons (Fsp3) is 0.113. The quantitative estimate of drug-likeness (QED) is 0.189. The number of rotatable bonds is 8. The average molecular weight is 842 g/mol. The van der Waals surface area contributed by atoms with Crippen LogP contribution in [0.3, 0.4) is 0 Å². The Hall–Kier alpha value is -4.65. The summed E-state index contributed by atoms with van der Waals surface area (Å²) in [4.78, 5) is 0.